The molecule has 2 fully saturated rings. The molecule has 0 aliphatic heterocycles. The van der Waals surface area contributed by atoms with Gasteiger partial charge in [0.25, 0.3) is 0 Å². The summed E-state index contributed by atoms with van der Waals surface area (Å²) in [6.07, 6.45) is 11.3. The number of hydrogen-bond acceptors (Lipinski definition) is 5. The summed E-state index contributed by atoms with van der Waals surface area (Å²) in [6.45, 7) is 0. The minimum absolute atomic E-state index is 0.100. The van der Waals surface area contributed by atoms with Gasteiger partial charge in [0.15, 0.2) is 0 Å². The van der Waals surface area contributed by atoms with Crippen molar-refractivity contribution in [3.63, 3.8) is 0 Å². The molecule has 4 unspecified atom stereocenters. The molecule has 0 saturated heterocycles. The van der Waals surface area contributed by atoms with Crippen molar-refractivity contribution in [1.29, 1.82) is 0 Å². The lowest BCUT2D eigenvalue weighted by molar-refractivity contribution is -0.140. The van der Waals surface area contributed by atoms with E-state index in [9.17, 15) is 19.8 Å². The molecule has 0 spiro atoms. The lowest BCUT2D eigenvalue weighted by Crippen LogP contribution is -2.19. The van der Waals surface area contributed by atoms with Crippen molar-refractivity contribution < 1.29 is 24.5 Å². The van der Waals surface area contributed by atoms with Crippen molar-refractivity contribution in [2.75, 3.05) is 7.11 Å². The zero-order valence-corrected chi connectivity index (χ0v) is 18.5. The van der Waals surface area contributed by atoms with E-state index in [0.29, 0.717) is 18.8 Å². The average Bonchev–Trinajstić information content (AvgIpc) is 3.08. The third-order valence-corrected chi connectivity index (χ3v) is 6.97. The first-order valence-corrected chi connectivity index (χ1v) is 11.7. The topological polar surface area (TPSA) is 83.8 Å². The molecule has 0 bridgehead atoms. The molecule has 1 aromatic rings. The van der Waals surface area contributed by atoms with Crippen molar-refractivity contribution in [1.82, 2.24) is 0 Å². The Hall–Kier alpha value is -1.98. The molecule has 2 aliphatic rings. The third kappa shape index (κ3) is 6.27. The molecule has 2 N–H and O–H groups in total. The maximum absolute atomic E-state index is 12.5. The van der Waals surface area contributed by atoms with Gasteiger partial charge in [-0.3, -0.25) is 9.59 Å². The second-order valence-corrected chi connectivity index (χ2v) is 9.06. The summed E-state index contributed by atoms with van der Waals surface area (Å²) in [7, 11) is 1.39. The number of hydrogen-bond donors (Lipinski definition) is 2. The number of esters is 1. The van der Waals surface area contributed by atoms with E-state index in [-0.39, 0.29) is 30.0 Å². The molecule has 4 atom stereocenters. The van der Waals surface area contributed by atoms with E-state index in [0.717, 1.165) is 36.8 Å². The first-order valence-electron chi connectivity index (χ1n) is 11.7. The number of methoxy groups -OCH3 is 1. The van der Waals surface area contributed by atoms with Gasteiger partial charge >= 0.3 is 5.97 Å². The van der Waals surface area contributed by atoms with E-state index in [1.807, 2.05) is 36.4 Å². The quantitative estimate of drug-likeness (QED) is 0.341. The Bertz CT molecular complexity index is 748. The summed E-state index contributed by atoms with van der Waals surface area (Å²) >= 11 is 0. The van der Waals surface area contributed by atoms with Gasteiger partial charge < -0.3 is 14.9 Å². The summed E-state index contributed by atoms with van der Waals surface area (Å²) in [5, 5.41) is 21.3. The van der Waals surface area contributed by atoms with Gasteiger partial charge in [-0.1, -0.05) is 55.7 Å². The average molecular weight is 429 g/mol. The van der Waals surface area contributed by atoms with Gasteiger partial charge in [0.1, 0.15) is 5.78 Å². The molecule has 0 heterocycles. The number of unbranched alkanes of at least 4 members (excludes halogenated alkanes) is 1. The smallest absolute Gasteiger partial charge is 0.305 e. The number of aliphatic hydroxyl groups is 2. The second kappa shape index (κ2) is 11.6. The summed E-state index contributed by atoms with van der Waals surface area (Å²) in [5.74, 6) is -0.230. The molecule has 170 valence electrons. The van der Waals surface area contributed by atoms with Gasteiger partial charge in [0.05, 0.1) is 19.3 Å². The number of ketones is 1. The fourth-order valence-corrected chi connectivity index (χ4v) is 5.15. The fourth-order valence-electron chi connectivity index (χ4n) is 5.15. The molecule has 1 aromatic carbocycles. The number of Topliss-reactive ketones (excluding diaryl/α,β-unsaturated/α-hetero) is 1. The van der Waals surface area contributed by atoms with Crippen LogP contribution >= 0.6 is 0 Å². The molecule has 2 aliphatic carbocycles. The van der Waals surface area contributed by atoms with Crippen molar-refractivity contribution in [2.45, 2.75) is 82.3 Å². The summed E-state index contributed by atoms with van der Waals surface area (Å²) in [5.41, 5.74) is 1.89. The van der Waals surface area contributed by atoms with Crippen LogP contribution in [0.15, 0.2) is 36.4 Å². The first-order chi connectivity index (χ1) is 15.0. The van der Waals surface area contributed by atoms with E-state index < -0.39 is 12.2 Å². The van der Waals surface area contributed by atoms with Crippen LogP contribution in [-0.2, 0) is 14.3 Å². The maximum Gasteiger partial charge on any atom is 0.305 e. The minimum atomic E-state index is -0.667. The molecule has 0 aromatic heterocycles. The molecule has 31 heavy (non-hydrogen) atoms. The van der Waals surface area contributed by atoms with Crippen LogP contribution in [0.1, 0.15) is 87.4 Å². The van der Waals surface area contributed by atoms with Gasteiger partial charge in [-0.2, -0.15) is 0 Å². The molecule has 0 amide bonds. The molecule has 5 nitrogen and oxygen atoms in total. The standard InChI is InChI=1S/C26H36O5/c1-31-24(29)12-8-3-2-7-11-21-22(27)17-23(28)25(21)18-13-15-20(16-14-18)26(30)19-9-5-4-6-10-19/h2,7,13-16,19,21,23,25-26,28,30H,3-6,8-12,17H2,1H3/b7-2+. The number of benzene rings is 1. The number of carbonyl (C=O) groups is 2. The highest BCUT2D eigenvalue weighted by atomic mass is 16.5. The van der Waals surface area contributed by atoms with Crippen LogP contribution in [0.3, 0.4) is 0 Å². The van der Waals surface area contributed by atoms with Crippen LogP contribution in [0.4, 0.5) is 0 Å². The Labute approximate surface area is 185 Å². The number of ether oxygens (including phenoxy) is 1. The normalized spacial score (nSPS) is 25.8. The number of carbonyl (C=O) groups excluding carboxylic acids is 2. The SMILES string of the molecule is COC(=O)CCC/C=C/CC1C(=O)CC(O)C1c1ccc(C(O)C2CCCCC2)cc1. The van der Waals surface area contributed by atoms with E-state index in [4.69, 9.17) is 0 Å². The summed E-state index contributed by atoms with van der Waals surface area (Å²) in [4.78, 5) is 23.7. The van der Waals surface area contributed by atoms with Gasteiger partial charge in [0.2, 0.25) is 0 Å². The Balaban J connectivity index is 1.59. The van der Waals surface area contributed by atoms with E-state index in [1.54, 1.807) is 0 Å². The second-order valence-electron chi connectivity index (χ2n) is 9.06. The Morgan fingerprint density at radius 3 is 2.55 bits per heavy atom. The zero-order chi connectivity index (χ0) is 22.2. The first kappa shape index (κ1) is 23.7. The lowest BCUT2D eigenvalue weighted by atomic mass is 9.81. The number of allylic oxidation sites excluding steroid dienone is 2. The highest BCUT2D eigenvalue weighted by molar-refractivity contribution is 5.85. The van der Waals surface area contributed by atoms with Crippen LogP contribution in [0.2, 0.25) is 0 Å². The third-order valence-electron chi connectivity index (χ3n) is 6.97. The van der Waals surface area contributed by atoms with Crippen LogP contribution in [0.25, 0.3) is 0 Å². The molecule has 5 heteroatoms. The largest absolute Gasteiger partial charge is 0.469 e. The van der Waals surface area contributed by atoms with Crippen molar-refractivity contribution in [2.24, 2.45) is 11.8 Å². The van der Waals surface area contributed by atoms with Gasteiger partial charge in [-0.05, 0) is 49.1 Å². The van der Waals surface area contributed by atoms with Crippen LogP contribution < -0.4 is 0 Å². The Kier molecular flexibility index (Phi) is 8.85. The molecular formula is C26H36O5. The van der Waals surface area contributed by atoms with Crippen molar-refractivity contribution >= 4 is 11.8 Å². The molecule has 0 radical (unpaired) electrons. The highest BCUT2D eigenvalue weighted by Crippen LogP contribution is 2.41. The van der Waals surface area contributed by atoms with E-state index in [1.165, 1.54) is 26.4 Å². The monoisotopic (exact) mass is 428 g/mol. The van der Waals surface area contributed by atoms with Crippen molar-refractivity contribution in [3.8, 4) is 0 Å². The lowest BCUT2D eigenvalue weighted by Gasteiger charge is -2.27. The molecular weight excluding hydrogens is 392 g/mol. The maximum atomic E-state index is 12.5. The highest BCUT2D eigenvalue weighted by Gasteiger charge is 2.41. The minimum Gasteiger partial charge on any atom is -0.469 e. The summed E-state index contributed by atoms with van der Waals surface area (Å²) < 4.78 is 4.63. The molecule has 3 rings (SSSR count). The Morgan fingerprint density at radius 1 is 1.16 bits per heavy atom. The Morgan fingerprint density at radius 2 is 1.87 bits per heavy atom. The summed E-state index contributed by atoms with van der Waals surface area (Å²) in [6, 6.07) is 7.87. The number of aliphatic hydroxyl groups excluding tert-OH is 2. The van der Waals surface area contributed by atoms with Gasteiger partial charge in [-0.15, -0.1) is 0 Å². The van der Waals surface area contributed by atoms with E-state index >= 15 is 0 Å². The van der Waals surface area contributed by atoms with Crippen LogP contribution in [0, 0.1) is 11.8 Å². The molecule has 2 saturated carbocycles. The van der Waals surface area contributed by atoms with Crippen LogP contribution in [0.5, 0.6) is 0 Å². The van der Waals surface area contributed by atoms with Crippen molar-refractivity contribution in [3.05, 3.63) is 47.5 Å². The number of rotatable bonds is 9. The van der Waals surface area contributed by atoms with Gasteiger partial charge in [-0.25, -0.2) is 0 Å². The van der Waals surface area contributed by atoms with E-state index in [2.05, 4.69) is 4.74 Å². The zero-order valence-electron chi connectivity index (χ0n) is 18.5. The fraction of sp³-hybridized carbons (Fsp3) is 0.615. The predicted molar refractivity (Wildman–Crippen MR) is 119 cm³/mol. The van der Waals surface area contributed by atoms with Crippen LogP contribution in [-0.4, -0.2) is 35.2 Å². The van der Waals surface area contributed by atoms with Gasteiger partial charge in [0, 0.05) is 24.7 Å². The predicted octanol–water partition coefficient (Wildman–Crippen LogP) is 4.62.